The number of aromatic nitrogens is 1. The van der Waals surface area contributed by atoms with Crippen LogP contribution in [0.3, 0.4) is 0 Å². The monoisotopic (exact) mass is 424 g/mol. The Balaban J connectivity index is 1.77. The molecule has 0 N–H and O–H groups in total. The number of hydrogen-bond donors (Lipinski definition) is 0. The molecule has 4 heteroatoms. The highest BCUT2D eigenvalue weighted by Crippen LogP contribution is 2.41. The van der Waals surface area contributed by atoms with Crippen LogP contribution in [0.25, 0.3) is 0 Å². The van der Waals surface area contributed by atoms with Crippen LogP contribution in [0.1, 0.15) is 89.4 Å². The van der Waals surface area contributed by atoms with Gasteiger partial charge in [0.05, 0.1) is 8.07 Å². The molecule has 0 saturated heterocycles. The van der Waals surface area contributed by atoms with Crippen LogP contribution < -0.4 is 4.57 Å². The molecule has 162 valence electrons. The van der Waals surface area contributed by atoms with Crippen molar-refractivity contribution in [3.63, 3.8) is 0 Å². The van der Waals surface area contributed by atoms with Crippen molar-refractivity contribution in [1.82, 2.24) is 0 Å². The van der Waals surface area contributed by atoms with E-state index in [4.69, 9.17) is 0 Å². The molecule has 3 nitrogen and oxygen atoms in total. The summed E-state index contributed by atoms with van der Waals surface area (Å²) in [5, 5.41) is 0. The van der Waals surface area contributed by atoms with Crippen molar-refractivity contribution >= 4 is 19.5 Å². The van der Waals surface area contributed by atoms with Gasteiger partial charge < -0.3 is 0 Å². The predicted octanol–water partition coefficient (Wildman–Crippen LogP) is 5.26. The molecule has 5 rings (SSSR count). The normalized spacial score (nSPS) is 24.7. The molecule has 2 saturated carbocycles. The van der Waals surface area contributed by atoms with Crippen LogP contribution in [-0.4, -0.2) is 40.7 Å². The van der Waals surface area contributed by atoms with Crippen LogP contribution in [0.5, 0.6) is 0 Å². The third kappa shape index (κ3) is 3.00. The van der Waals surface area contributed by atoms with Crippen molar-refractivity contribution in [2.24, 2.45) is 0 Å². The van der Waals surface area contributed by atoms with Crippen molar-refractivity contribution in [3.05, 3.63) is 29.6 Å². The Kier molecular flexibility index (Phi) is 5.08. The van der Waals surface area contributed by atoms with E-state index in [-0.39, 0.29) is 5.79 Å². The molecule has 1 aromatic rings. The Labute approximate surface area is 184 Å². The van der Waals surface area contributed by atoms with Crippen molar-refractivity contribution in [2.45, 2.75) is 122 Å². The number of nitrogens with zero attached hydrogens (tertiary/aromatic N) is 3. The van der Waals surface area contributed by atoms with Gasteiger partial charge >= 0.3 is 5.79 Å². The first-order chi connectivity index (χ1) is 14.3. The highest BCUT2D eigenvalue weighted by Gasteiger charge is 2.76. The maximum absolute atomic E-state index is 2.97. The topological polar surface area (TPSA) is 9.90 Å². The van der Waals surface area contributed by atoms with Gasteiger partial charge in [-0.15, -0.1) is 0 Å². The van der Waals surface area contributed by atoms with Gasteiger partial charge in [0.1, 0.15) is 6.04 Å². The Morgan fingerprint density at radius 2 is 1.20 bits per heavy atom. The van der Waals surface area contributed by atoms with Crippen molar-refractivity contribution in [2.75, 3.05) is 0 Å². The lowest BCUT2D eigenvalue weighted by molar-refractivity contribution is -1.07. The second kappa shape index (κ2) is 7.39. The van der Waals surface area contributed by atoms with Gasteiger partial charge in [-0.05, 0) is 31.7 Å². The van der Waals surface area contributed by atoms with Gasteiger partial charge in [0.15, 0.2) is 12.1 Å². The molecular formula is C26H42N3Si+3. The first-order valence-electron chi connectivity index (χ1n) is 12.7. The lowest BCUT2D eigenvalue weighted by Crippen LogP contribution is -2.69. The van der Waals surface area contributed by atoms with Gasteiger partial charge in [-0.1, -0.05) is 46.2 Å². The summed E-state index contributed by atoms with van der Waals surface area (Å²) in [7, 11) is -1.35. The van der Waals surface area contributed by atoms with Crippen LogP contribution in [0, 0.1) is 0 Å². The quantitative estimate of drug-likeness (QED) is 0.461. The van der Waals surface area contributed by atoms with Gasteiger partial charge in [-0.2, -0.15) is 0 Å². The minimum absolute atomic E-state index is 0.00851. The maximum atomic E-state index is 2.97. The summed E-state index contributed by atoms with van der Waals surface area (Å²) in [6.07, 6.45) is 13.9. The molecule has 2 fully saturated rings. The van der Waals surface area contributed by atoms with Crippen molar-refractivity contribution in [1.29, 1.82) is 0 Å². The lowest BCUT2D eigenvalue weighted by Gasteiger charge is -2.31. The van der Waals surface area contributed by atoms with Gasteiger partial charge in [0.2, 0.25) is 0 Å². The van der Waals surface area contributed by atoms with E-state index in [1.165, 1.54) is 93.1 Å². The van der Waals surface area contributed by atoms with Crippen molar-refractivity contribution < 1.29 is 13.7 Å². The minimum atomic E-state index is -1.35. The fourth-order valence-electron chi connectivity index (χ4n) is 7.35. The van der Waals surface area contributed by atoms with Crippen LogP contribution in [-0.2, 0) is 5.79 Å². The zero-order valence-electron chi connectivity index (χ0n) is 20.0. The van der Waals surface area contributed by atoms with Gasteiger partial charge in [-0.3, -0.25) is 0 Å². The SMILES string of the molecule is CC1=[N+](C2CCCCC2)C2(C[Si](C)(C)C)[N+](C3CCCCC3)=C(C)c3cccc1[n+]32. The van der Waals surface area contributed by atoms with Gasteiger partial charge in [0.25, 0.3) is 22.8 Å². The smallest absolute Gasteiger partial charge is 0.0999 e. The van der Waals surface area contributed by atoms with E-state index in [1.54, 1.807) is 0 Å². The molecule has 0 radical (unpaired) electrons. The molecule has 0 atom stereocenters. The molecule has 0 spiro atoms. The Morgan fingerprint density at radius 1 is 0.767 bits per heavy atom. The molecule has 3 heterocycles. The molecule has 0 bridgehead atoms. The maximum Gasteiger partial charge on any atom is 0.550 e. The zero-order chi connectivity index (χ0) is 21.1. The summed E-state index contributed by atoms with van der Waals surface area (Å²) >= 11 is 0. The predicted molar refractivity (Wildman–Crippen MR) is 127 cm³/mol. The standard InChI is InChI=1S/C26H42N3Si/c1-20-24-17-12-18-25-21(2)28(23-15-10-7-11-16-23)26(29(24)25,19-30(3,4)5)27(20)22-13-8-6-9-14-22/h12,17-18,22-23H,6-11,13-16,19H2,1-5H3/q+3. The zero-order valence-corrected chi connectivity index (χ0v) is 21.0. The number of pyridine rings is 1. The summed E-state index contributed by atoms with van der Waals surface area (Å²) in [6, 6.07) is 9.81. The molecule has 30 heavy (non-hydrogen) atoms. The highest BCUT2D eigenvalue weighted by atomic mass is 28.3. The average molecular weight is 425 g/mol. The van der Waals surface area contributed by atoms with E-state index >= 15 is 0 Å². The van der Waals surface area contributed by atoms with E-state index in [9.17, 15) is 0 Å². The molecule has 0 aromatic carbocycles. The first kappa shape index (κ1) is 20.6. The first-order valence-corrected chi connectivity index (χ1v) is 16.4. The third-order valence-electron chi connectivity index (χ3n) is 8.23. The average Bonchev–Trinajstić information content (AvgIpc) is 3.11. The Bertz CT molecular complexity index is 848. The summed E-state index contributed by atoms with van der Waals surface area (Å²) in [6.45, 7) is 12.6. The summed E-state index contributed by atoms with van der Waals surface area (Å²) in [5.41, 5.74) is 6.04. The number of rotatable bonds is 4. The molecule has 2 aliphatic carbocycles. The fourth-order valence-corrected chi connectivity index (χ4v) is 9.27. The molecule has 4 aliphatic rings. The van der Waals surface area contributed by atoms with E-state index < -0.39 is 8.07 Å². The fraction of sp³-hybridized carbons (Fsp3) is 0.731. The second-order valence-corrected chi connectivity index (χ2v) is 17.1. The van der Waals surface area contributed by atoms with Gasteiger partial charge in [-0.25, -0.2) is 0 Å². The summed E-state index contributed by atoms with van der Waals surface area (Å²) in [4.78, 5) is 0. The second-order valence-electron chi connectivity index (χ2n) is 11.6. The van der Waals surface area contributed by atoms with E-state index in [0.717, 1.165) is 0 Å². The van der Waals surface area contributed by atoms with E-state index in [1.807, 2.05) is 0 Å². The molecular weight excluding hydrogens is 382 g/mol. The van der Waals surface area contributed by atoms with Gasteiger partial charge in [0, 0.05) is 51.7 Å². The summed E-state index contributed by atoms with van der Waals surface area (Å²) < 4.78 is 8.74. The minimum Gasteiger partial charge on any atom is -0.0999 e. The largest absolute Gasteiger partial charge is 0.550 e. The van der Waals surface area contributed by atoms with Crippen LogP contribution in [0.15, 0.2) is 18.2 Å². The molecule has 0 unspecified atom stereocenters. The number of hydrogen-bond acceptors (Lipinski definition) is 0. The molecule has 1 aromatic heterocycles. The molecule has 0 amide bonds. The lowest BCUT2D eigenvalue weighted by atomic mass is 9.92. The third-order valence-corrected chi connectivity index (χ3v) is 9.77. The van der Waals surface area contributed by atoms with Crippen molar-refractivity contribution in [3.8, 4) is 0 Å². The molecule has 2 aliphatic heterocycles. The Morgan fingerprint density at radius 3 is 1.60 bits per heavy atom. The van der Waals surface area contributed by atoms with Crippen LogP contribution in [0.2, 0.25) is 25.7 Å². The summed E-state index contributed by atoms with van der Waals surface area (Å²) in [5.74, 6) is 0.00851. The highest BCUT2D eigenvalue weighted by molar-refractivity contribution is 6.76. The van der Waals surface area contributed by atoms with Crippen LogP contribution in [0.4, 0.5) is 0 Å². The van der Waals surface area contributed by atoms with E-state index in [2.05, 4.69) is 65.4 Å². The Hall–Kier alpha value is -1.29. The van der Waals surface area contributed by atoms with Crippen LogP contribution >= 0.6 is 0 Å². The van der Waals surface area contributed by atoms with E-state index in [0.29, 0.717) is 12.1 Å².